The van der Waals surface area contributed by atoms with E-state index in [1.165, 1.54) is 48.5 Å². The van der Waals surface area contributed by atoms with Gasteiger partial charge in [0.2, 0.25) is 5.78 Å². The third kappa shape index (κ3) is 6.12. The second kappa shape index (κ2) is 9.17. The monoisotopic (exact) mass is 386 g/mol. The summed E-state index contributed by atoms with van der Waals surface area (Å²) in [5, 5.41) is 8.31. The Morgan fingerprint density at radius 2 is 1.00 bits per heavy atom. The van der Waals surface area contributed by atoms with Crippen LogP contribution in [0.25, 0.3) is 0 Å². The van der Waals surface area contributed by atoms with Crippen LogP contribution in [0.3, 0.4) is 0 Å². The minimum Gasteiger partial charge on any atom is -0.475 e. The number of carbonyl (C=O) groups excluding carboxylic acids is 3. The summed E-state index contributed by atoms with van der Waals surface area (Å²) >= 11 is 16.1. The van der Waals surface area contributed by atoms with Crippen LogP contribution in [0.1, 0.15) is 20.7 Å². The van der Waals surface area contributed by atoms with Crippen molar-refractivity contribution < 1.29 is 24.3 Å². The fourth-order valence-electron chi connectivity index (χ4n) is 1.44. The van der Waals surface area contributed by atoms with Crippen molar-refractivity contribution in [1.82, 2.24) is 0 Å². The van der Waals surface area contributed by atoms with Gasteiger partial charge in [0.05, 0.1) is 0 Å². The molecule has 8 heteroatoms. The summed E-state index contributed by atoms with van der Waals surface area (Å²) in [7, 11) is 0. The van der Waals surface area contributed by atoms with Crippen molar-refractivity contribution in [3.63, 3.8) is 0 Å². The number of hydrogen-bond donors (Lipinski definition) is 1. The van der Waals surface area contributed by atoms with Gasteiger partial charge in [0.1, 0.15) is 0 Å². The lowest BCUT2D eigenvalue weighted by Gasteiger charge is -1.94. The Bertz CT molecular complexity index is 700. The Morgan fingerprint density at radius 3 is 1.29 bits per heavy atom. The molecule has 0 fully saturated rings. The molecule has 0 bridgehead atoms. The first-order valence-corrected chi connectivity index (χ1v) is 7.38. The molecule has 0 spiro atoms. The zero-order valence-corrected chi connectivity index (χ0v) is 14.1. The molecule has 0 aliphatic heterocycles. The number of benzene rings is 2. The molecular weight excluding hydrogens is 379 g/mol. The van der Waals surface area contributed by atoms with Gasteiger partial charge in [-0.1, -0.05) is 23.2 Å². The highest BCUT2D eigenvalue weighted by molar-refractivity contribution is 6.83. The summed E-state index contributed by atoms with van der Waals surface area (Å²) in [6, 6.07) is 11.6. The molecule has 24 heavy (non-hydrogen) atoms. The minimum absolute atomic E-state index is 0.131. The van der Waals surface area contributed by atoms with Crippen LogP contribution in [0.2, 0.25) is 10.0 Å². The second-order valence-electron chi connectivity index (χ2n) is 4.25. The maximum atomic E-state index is 10.9. The van der Waals surface area contributed by atoms with Crippen molar-refractivity contribution in [2.45, 2.75) is 0 Å². The Kier molecular flexibility index (Phi) is 7.58. The summed E-state index contributed by atoms with van der Waals surface area (Å²) in [4.78, 5) is 42.4. The van der Waals surface area contributed by atoms with E-state index < -0.39 is 22.8 Å². The topological polar surface area (TPSA) is 88.5 Å². The summed E-state index contributed by atoms with van der Waals surface area (Å²) in [6.07, 6.45) is 0. The van der Waals surface area contributed by atoms with Crippen LogP contribution >= 0.6 is 34.8 Å². The number of hydrogen-bond acceptors (Lipinski definition) is 4. The Balaban J connectivity index is 0.000000240. The summed E-state index contributed by atoms with van der Waals surface area (Å²) in [5.41, 5.74) is 0.381. The highest BCUT2D eigenvalue weighted by Gasteiger charge is 2.13. The fourth-order valence-corrected chi connectivity index (χ4v) is 1.80. The number of carboxylic acids is 1. The summed E-state index contributed by atoms with van der Waals surface area (Å²) in [5.74, 6) is -3.10. The molecule has 124 valence electrons. The molecule has 0 saturated heterocycles. The molecule has 0 unspecified atom stereocenters. The van der Waals surface area contributed by atoms with E-state index in [1.807, 2.05) is 0 Å². The van der Waals surface area contributed by atoms with Crippen molar-refractivity contribution in [1.29, 1.82) is 0 Å². The zero-order valence-electron chi connectivity index (χ0n) is 11.8. The van der Waals surface area contributed by atoms with E-state index in [0.29, 0.717) is 10.0 Å². The van der Waals surface area contributed by atoms with Crippen molar-refractivity contribution in [2.24, 2.45) is 0 Å². The van der Waals surface area contributed by atoms with Crippen LogP contribution in [-0.4, -0.2) is 27.9 Å². The van der Waals surface area contributed by atoms with Gasteiger partial charge in [0, 0.05) is 21.2 Å². The molecule has 0 aromatic heterocycles. The quantitative estimate of drug-likeness (QED) is 0.488. The van der Waals surface area contributed by atoms with Gasteiger partial charge in [-0.2, -0.15) is 0 Å². The smallest absolute Gasteiger partial charge is 0.377 e. The molecule has 2 aromatic rings. The minimum atomic E-state index is -1.46. The summed E-state index contributed by atoms with van der Waals surface area (Å²) in [6.45, 7) is 0. The lowest BCUT2D eigenvalue weighted by Crippen LogP contribution is -2.12. The first kappa shape index (κ1) is 19.8. The van der Waals surface area contributed by atoms with Gasteiger partial charge in [0.25, 0.3) is 11.0 Å². The molecule has 0 radical (unpaired) electrons. The summed E-state index contributed by atoms with van der Waals surface area (Å²) < 4.78 is 0. The van der Waals surface area contributed by atoms with Crippen LogP contribution in [0.5, 0.6) is 0 Å². The second-order valence-corrected chi connectivity index (χ2v) is 5.47. The third-order valence-electron chi connectivity index (χ3n) is 2.59. The van der Waals surface area contributed by atoms with Crippen LogP contribution < -0.4 is 0 Å². The largest absolute Gasteiger partial charge is 0.475 e. The molecule has 0 saturated carbocycles. The molecule has 0 heterocycles. The molecule has 5 nitrogen and oxygen atoms in total. The molecule has 1 N–H and O–H groups in total. The lowest BCUT2D eigenvalue weighted by atomic mass is 10.1. The maximum Gasteiger partial charge on any atom is 0.377 e. The lowest BCUT2D eigenvalue weighted by molar-refractivity contribution is -0.131. The molecule has 2 aromatic carbocycles. The van der Waals surface area contributed by atoms with E-state index in [-0.39, 0.29) is 11.1 Å². The Labute approximate surface area is 151 Å². The van der Waals surface area contributed by atoms with Gasteiger partial charge in [-0.25, -0.2) is 4.79 Å². The number of carbonyl (C=O) groups is 4. The average Bonchev–Trinajstić information content (AvgIpc) is 2.55. The fraction of sp³-hybridized carbons (Fsp3) is 0. The zero-order chi connectivity index (χ0) is 18.3. The number of aliphatic carboxylic acids is 1. The Hall–Kier alpha value is -2.21. The molecule has 0 aliphatic rings. The van der Waals surface area contributed by atoms with Crippen molar-refractivity contribution in [2.75, 3.05) is 0 Å². The van der Waals surface area contributed by atoms with Gasteiger partial charge in [-0.3, -0.25) is 14.4 Å². The molecule has 0 atom stereocenters. The first-order chi connectivity index (χ1) is 11.2. The number of rotatable bonds is 4. The van der Waals surface area contributed by atoms with Crippen LogP contribution in [0.4, 0.5) is 0 Å². The highest BCUT2D eigenvalue weighted by atomic mass is 35.5. The highest BCUT2D eigenvalue weighted by Crippen LogP contribution is 2.11. The van der Waals surface area contributed by atoms with Crippen LogP contribution in [-0.2, 0) is 9.59 Å². The van der Waals surface area contributed by atoms with Crippen molar-refractivity contribution in [3.8, 4) is 0 Å². The third-order valence-corrected chi connectivity index (χ3v) is 3.26. The van der Waals surface area contributed by atoms with Gasteiger partial charge < -0.3 is 5.11 Å². The van der Waals surface area contributed by atoms with Gasteiger partial charge >= 0.3 is 5.97 Å². The van der Waals surface area contributed by atoms with E-state index in [4.69, 9.17) is 39.9 Å². The number of carboxylic acid groups (broad SMARTS) is 1. The molecule has 0 aliphatic carbocycles. The van der Waals surface area contributed by atoms with E-state index in [2.05, 4.69) is 0 Å². The number of halogens is 3. The predicted molar refractivity (Wildman–Crippen MR) is 90.1 cm³/mol. The van der Waals surface area contributed by atoms with Crippen LogP contribution in [0.15, 0.2) is 48.5 Å². The number of Topliss-reactive ketones (excluding diaryl/α,β-unsaturated/α-hetero) is 2. The van der Waals surface area contributed by atoms with E-state index in [0.717, 1.165) is 0 Å². The first-order valence-electron chi connectivity index (χ1n) is 6.25. The molecular formula is C16H9Cl3O5. The molecule has 2 rings (SSSR count). The van der Waals surface area contributed by atoms with Gasteiger partial charge in [-0.05, 0) is 60.1 Å². The van der Waals surface area contributed by atoms with E-state index >= 15 is 0 Å². The maximum absolute atomic E-state index is 10.9. The SMILES string of the molecule is O=C(Cl)C(=O)c1ccc(Cl)cc1.O=C(O)C(=O)c1ccc(Cl)cc1. The van der Waals surface area contributed by atoms with Gasteiger partial charge in [0.15, 0.2) is 0 Å². The standard InChI is InChI=1S/C8H4Cl2O2.C8H5ClO3/c9-6-3-1-5(2-4-6)7(11)8(10)12;9-6-3-1-5(2-4-6)7(10)8(11)12/h1-4H;1-4H,(H,11,12). The van der Waals surface area contributed by atoms with Crippen molar-refractivity contribution in [3.05, 3.63) is 69.7 Å². The van der Waals surface area contributed by atoms with Crippen molar-refractivity contribution >= 4 is 57.6 Å². The van der Waals surface area contributed by atoms with E-state index in [9.17, 15) is 19.2 Å². The van der Waals surface area contributed by atoms with E-state index in [1.54, 1.807) is 0 Å². The molecule has 0 amide bonds. The average molecular weight is 388 g/mol. The normalized spacial score (nSPS) is 9.46. The Morgan fingerprint density at radius 1 is 0.667 bits per heavy atom. The van der Waals surface area contributed by atoms with Crippen LogP contribution in [0, 0.1) is 0 Å². The predicted octanol–water partition coefficient (Wildman–Crippen LogP) is 3.90. The van der Waals surface area contributed by atoms with Gasteiger partial charge in [-0.15, -0.1) is 0 Å². The number of ketones is 2.